The summed E-state index contributed by atoms with van der Waals surface area (Å²) in [5.41, 5.74) is 4.50. The highest BCUT2D eigenvalue weighted by Crippen LogP contribution is 2.64. The lowest BCUT2D eigenvalue weighted by molar-refractivity contribution is -0.113. The molecule has 1 aromatic heterocycles. The molecular formula is C33H30N4O3S. The van der Waals surface area contributed by atoms with E-state index in [2.05, 4.69) is 25.9 Å². The Morgan fingerprint density at radius 2 is 1.83 bits per heavy atom. The van der Waals surface area contributed by atoms with Gasteiger partial charge in [0.25, 0.3) is 5.91 Å². The summed E-state index contributed by atoms with van der Waals surface area (Å²) in [4.78, 5) is 15.9. The van der Waals surface area contributed by atoms with E-state index in [0.29, 0.717) is 27.4 Å². The minimum Gasteiger partial charge on any atom is -0.508 e. The van der Waals surface area contributed by atoms with Gasteiger partial charge in [0.15, 0.2) is 5.76 Å². The molecule has 2 aliphatic carbocycles. The molecule has 1 amide bonds. The van der Waals surface area contributed by atoms with Crippen LogP contribution in [0.15, 0.2) is 92.4 Å². The highest BCUT2D eigenvalue weighted by atomic mass is 32.2. The van der Waals surface area contributed by atoms with Crippen LogP contribution in [0.5, 0.6) is 5.75 Å². The molecule has 2 heterocycles. The van der Waals surface area contributed by atoms with E-state index in [1.165, 1.54) is 18.2 Å². The molecule has 1 N–H and O–H groups in total. The van der Waals surface area contributed by atoms with Crippen molar-refractivity contribution < 1.29 is 14.4 Å². The van der Waals surface area contributed by atoms with Crippen LogP contribution in [0, 0.1) is 16.7 Å². The van der Waals surface area contributed by atoms with Gasteiger partial charge in [0.05, 0.1) is 16.0 Å². The maximum absolute atomic E-state index is 13.8. The van der Waals surface area contributed by atoms with Gasteiger partial charge in [-0.3, -0.25) is 9.69 Å². The average Bonchev–Trinajstić information content (AvgIpc) is 3.64. The fourth-order valence-electron chi connectivity index (χ4n) is 6.55. The van der Waals surface area contributed by atoms with Gasteiger partial charge in [-0.05, 0) is 90.4 Å². The zero-order chi connectivity index (χ0) is 28.4. The number of amidine groups is 1. The normalized spacial score (nSPS) is 26.3. The van der Waals surface area contributed by atoms with E-state index in [-0.39, 0.29) is 22.5 Å². The molecule has 2 saturated carbocycles. The van der Waals surface area contributed by atoms with Crippen molar-refractivity contribution in [2.45, 2.75) is 40.0 Å². The lowest BCUT2D eigenvalue weighted by atomic mass is 9.70. The number of fused-ring (bicyclic) bond motifs is 3. The number of benzene rings is 3. The molecule has 7 nitrogen and oxygen atoms in total. The molecule has 206 valence electrons. The van der Waals surface area contributed by atoms with Crippen LogP contribution in [0.3, 0.4) is 0 Å². The van der Waals surface area contributed by atoms with Gasteiger partial charge in [-0.1, -0.05) is 62.3 Å². The number of nitrogens with zero attached hydrogens (tertiary/aromatic N) is 4. The maximum atomic E-state index is 13.8. The molecule has 1 saturated heterocycles. The van der Waals surface area contributed by atoms with Crippen molar-refractivity contribution in [3.8, 4) is 17.1 Å². The third-order valence-corrected chi connectivity index (χ3v) is 10.5. The van der Waals surface area contributed by atoms with E-state index < -0.39 is 0 Å². The first-order chi connectivity index (χ1) is 19.7. The SMILES string of the molecule is CC12CCC(CC1=NN=C1SC(=Cc3ccc4noc(-c5ccccc5)c4c3)C(=O)N1c1ccc(O)cc1)C2(C)C. The van der Waals surface area contributed by atoms with Gasteiger partial charge >= 0.3 is 0 Å². The summed E-state index contributed by atoms with van der Waals surface area (Å²) in [6, 6.07) is 22.3. The Morgan fingerprint density at radius 3 is 2.54 bits per heavy atom. The summed E-state index contributed by atoms with van der Waals surface area (Å²) in [5, 5.41) is 24.9. The third-order valence-electron chi connectivity index (χ3n) is 9.52. The summed E-state index contributed by atoms with van der Waals surface area (Å²) in [5.74, 6) is 1.25. The number of carbonyl (C=O) groups excluding carboxylic acids is 1. The van der Waals surface area contributed by atoms with E-state index in [0.717, 1.165) is 40.6 Å². The van der Waals surface area contributed by atoms with Crippen molar-refractivity contribution in [2.75, 3.05) is 4.90 Å². The van der Waals surface area contributed by atoms with E-state index in [9.17, 15) is 9.90 Å². The summed E-state index contributed by atoms with van der Waals surface area (Å²) < 4.78 is 5.67. The molecule has 41 heavy (non-hydrogen) atoms. The molecule has 7 rings (SSSR count). The van der Waals surface area contributed by atoms with Crippen LogP contribution >= 0.6 is 11.8 Å². The van der Waals surface area contributed by atoms with E-state index >= 15 is 0 Å². The number of anilines is 1. The Balaban J connectivity index is 1.27. The number of thioether (sulfide) groups is 1. The Kier molecular flexibility index (Phi) is 5.94. The lowest BCUT2D eigenvalue weighted by Gasteiger charge is -2.34. The standard InChI is InChI=1S/C33H30N4O3S/c1-32(2)22-15-16-33(32,3)28(19-22)34-35-31-37(23-10-12-24(38)13-11-23)30(39)27(41-31)18-20-9-14-26-25(17-20)29(40-36-26)21-7-5-4-6-8-21/h4-14,17-18,22,38H,15-16,19H2,1-3H3. The number of amides is 1. The molecule has 1 aliphatic heterocycles. The number of carbonyl (C=O) groups is 1. The van der Waals surface area contributed by atoms with Gasteiger partial charge in [0.2, 0.25) is 5.17 Å². The summed E-state index contributed by atoms with van der Waals surface area (Å²) in [6.07, 6.45) is 5.16. The van der Waals surface area contributed by atoms with E-state index in [1.54, 1.807) is 29.2 Å². The zero-order valence-electron chi connectivity index (χ0n) is 23.2. The highest BCUT2D eigenvalue weighted by molar-refractivity contribution is 8.19. The first kappa shape index (κ1) is 25.8. The number of phenolic OH excluding ortho intramolecular Hbond substituents is 1. The molecule has 3 aromatic carbocycles. The van der Waals surface area contributed by atoms with Crippen LogP contribution in [0.4, 0.5) is 5.69 Å². The number of hydrogen-bond acceptors (Lipinski definition) is 7. The summed E-state index contributed by atoms with van der Waals surface area (Å²) in [6.45, 7) is 6.99. The van der Waals surface area contributed by atoms with E-state index in [4.69, 9.17) is 14.7 Å². The van der Waals surface area contributed by atoms with Gasteiger partial charge in [-0.2, -0.15) is 5.10 Å². The Morgan fingerprint density at radius 1 is 1.05 bits per heavy atom. The second-order valence-corrected chi connectivity index (χ2v) is 12.9. The van der Waals surface area contributed by atoms with Crippen LogP contribution in [0.25, 0.3) is 28.3 Å². The van der Waals surface area contributed by atoms with Crippen LogP contribution in [-0.2, 0) is 4.79 Å². The molecule has 3 aliphatic rings. The first-order valence-corrected chi connectivity index (χ1v) is 14.7. The second-order valence-electron chi connectivity index (χ2n) is 11.8. The largest absolute Gasteiger partial charge is 0.508 e. The predicted octanol–water partition coefficient (Wildman–Crippen LogP) is 7.88. The second kappa shape index (κ2) is 9.45. The minimum absolute atomic E-state index is 0.0154. The molecule has 2 unspecified atom stereocenters. The van der Waals surface area contributed by atoms with Gasteiger partial charge in [0.1, 0.15) is 11.3 Å². The number of hydrogen-bond donors (Lipinski definition) is 1. The molecule has 0 spiro atoms. The molecular weight excluding hydrogens is 532 g/mol. The van der Waals surface area contributed by atoms with Crippen LogP contribution in [0.2, 0.25) is 0 Å². The number of aromatic hydroxyl groups is 1. The van der Waals surface area contributed by atoms with Crippen molar-refractivity contribution >= 4 is 51.2 Å². The third kappa shape index (κ3) is 4.11. The quantitative estimate of drug-likeness (QED) is 0.202. The van der Waals surface area contributed by atoms with Crippen LogP contribution in [0.1, 0.15) is 45.6 Å². The van der Waals surface area contributed by atoms with Crippen molar-refractivity contribution in [2.24, 2.45) is 27.0 Å². The van der Waals surface area contributed by atoms with Gasteiger partial charge in [0, 0.05) is 16.7 Å². The smallest absolute Gasteiger partial charge is 0.271 e. The molecule has 8 heteroatoms. The van der Waals surface area contributed by atoms with Gasteiger partial charge in [-0.15, -0.1) is 5.10 Å². The monoisotopic (exact) mass is 562 g/mol. The number of aromatic nitrogens is 1. The van der Waals surface area contributed by atoms with Gasteiger partial charge < -0.3 is 9.63 Å². The topological polar surface area (TPSA) is 91.3 Å². The van der Waals surface area contributed by atoms with Crippen molar-refractivity contribution in [3.63, 3.8) is 0 Å². The fraction of sp³-hybridized carbons (Fsp3) is 0.273. The Labute approximate surface area is 242 Å². The molecule has 4 aromatic rings. The molecule has 0 radical (unpaired) electrons. The zero-order valence-corrected chi connectivity index (χ0v) is 24.0. The Bertz CT molecular complexity index is 1770. The van der Waals surface area contributed by atoms with Crippen LogP contribution < -0.4 is 4.90 Å². The summed E-state index contributed by atoms with van der Waals surface area (Å²) in [7, 11) is 0. The van der Waals surface area contributed by atoms with Crippen molar-refractivity contribution in [1.29, 1.82) is 0 Å². The molecule has 2 bridgehead atoms. The van der Waals surface area contributed by atoms with Crippen molar-refractivity contribution in [1.82, 2.24) is 5.16 Å². The van der Waals surface area contributed by atoms with Crippen molar-refractivity contribution in [3.05, 3.63) is 83.3 Å². The summed E-state index contributed by atoms with van der Waals surface area (Å²) >= 11 is 1.31. The highest BCUT2D eigenvalue weighted by Gasteiger charge is 2.60. The minimum atomic E-state index is -0.187. The van der Waals surface area contributed by atoms with Gasteiger partial charge in [-0.25, -0.2) is 0 Å². The number of phenols is 1. The number of rotatable bonds is 4. The lowest BCUT2D eigenvalue weighted by Crippen LogP contribution is -2.32. The molecule has 2 atom stereocenters. The Hall–Kier alpha value is -4.17. The fourth-order valence-corrected chi connectivity index (χ4v) is 7.48. The maximum Gasteiger partial charge on any atom is 0.271 e. The average molecular weight is 563 g/mol. The first-order valence-electron chi connectivity index (χ1n) is 13.9. The molecule has 3 fully saturated rings. The predicted molar refractivity (Wildman–Crippen MR) is 165 cm³/mol. The van der Waals surface area contributed by atoms with E-state index in [1.807, 2.05) is 54.6 Å². The van der Waals surface area contributed by atoms with Crippen LogP contribution in [-0.4, -0.2) is 27.0 Å².